The Balaban J connectivity index is 1.70. The Kier molecular flexibility index (Phi) is 3.65. The van der Waals surface area contributed by atoms with Crippen molar-refractivity contribution in [2.24, 2.45) is 0 Å². The van der Waals surface area contributed by atoms with Crippen LogP contribution in [0.15, 0.2) is 38.7 Å². The molecule has 2 aromatic heterocycles. The fourth-order valence-electron chi connectivity index (χ4n) is 2.50. The van der Waals surface area contributed by atoms with Crippen molar-refractivity contribution in [1.29, 1.82) is 0 Å². The highest BCUT2D eigenvalue weighted by Crippen LogP contribution is 2.37. The second-order valence-corrected chi connectivity index (χ2v) is 6.51. The second kappa shape index (κ2) is 5.81. The standard InChI is InChI=1S/C16H16N4O2S/c1-2-13-18-14(22-19-13)9-23-16-17-12-6-4-3-5-11(12)15(21)20(16)10-7-8-10/h3-6,10H,2,7-9H2,1H3. The number of fused-ring (bicyclic) bond motifs is 1. The summed E-state index contributed by atoms with van der Waals surface area (Å²) in [4.78, 5) is 21.7. The summed E-state index contributed by atoms with van der Waals surface area (Å²) in [7, 11) is 0. The smallest absolute Gasteiger partial charge is 0.262 e. The van der Waals surface area contributed by atoms with Gasteiger partial charge in [0.15, 0.2) is 11.0 Å². The molecule has 1 saturated carbocycles. The maximum Gasteiger partial charge on any atom is 0.262 e. The first-order valence-electron chi connectivity index (χ1n) is 7.72. The van der Waals surface area contributed by atoms with Crippen molar-refractivity contribution in [1.82, 2.24) is 19.7 Å². The molecule has 6 nitrogen and oxygen atoms in total. The molecule has 0 saturated heterocycles. The van der Waals surface area contributed by atoms with Gasteiger partial charge >= 0.3 is 0 Å². The van der Waals surface area contributed by atoms with E-state index in [-0.39, 0.29) is 11.6 Å². The number of aromatic nitrogens is 4. The number of para-hydroxylation sites is 1. The molecular formula is C16H16N4O2S. The molecule has 0 bridgehead atoms. The van der Waals surface area contributed by atoms with Gasteiger partial charge in [-0.1, -0.05) is 36.0 Å². The van der Waals surface area contributed by atoms with Gasteiger partial charge in [0, 0.05) is 12.5 Å². The Morgan fingerprint density at radius 2 is 2.13 bits per heavy atom. The normalized spacial score (nSPS) is 14.5. The number of hydrogen-bond acceptors (Lipinski definition) is 6. The van der Waals surface area contributed by atoms with E-state index in [9.17, 15) is 4.79 Å². The highest BCUT2D eigenvalue weighted by molar-refractivity contribution is 7.98. The molecule has 1 fully saturated rings. The second-order valence-electron chi connectivity index (χ2n) is 5.56. The number of aryl methyl sites for hydroxylation is 1. The summed E-state index contributed by atoms with van der Waals surface area (Å²) in [6.45, 7) is 1.98. The van der Waals surface area contributed by atoms with Gasteiger partial charge in [-0.15, -0.1) is 0 Å². The quantitative estimate of drug-likeness (QED) is 0.529. The molecule has 1 aliphatic carbocycles. The Hall–Kier alpha value is -2.15. The monoisotopic (exact) mass is 328 g/mol. The summed E-state index contributed by atoms with van der Waals surface area (Å²) >= 11 is 1.48. The first kappa shape index (κ1) is 14.4. The lowest BCUT2D eigenvalue weighted by Crippen LogP contribution is -2.22. The summed E-state index contributed by atoms with van der Waals surface area (Å²) in [5.41, 5.74) is 0.775. The van der Waals surface area contributed by atoms with Crippen molar-refractivity contribution in [2.75, 3.05) is 0 Å². The van der Waals surface area contributed by atoms with E-state index in [1.165, 1.54) is 11.8 Å². The lowest BCUT2D eigenvalue weighted by Gasteiger charge is -2.11. The summed E-state index contributed by atoms with van der Waals surface area (Å²) in [6, 6.07) is 7.76. The molecule has 0 radical (unpaired) electrons. The topological polar surface area (TPSA) is 73.8 Å². The molecule has 0 atom stereocenters. The van der Waals surface area contributed by atoms with E-state index in [2.05, 4.69) is 15.1 Å². The van der Waals surface area contributed by atoms with Crippen LogP contribution in [0.2, 0.25) is 0 Å². The molecule has 23 heavy (non-hydrogen) atoms. The zero-order valence-corrected chi connectivity index (χ0v) is 13.5. The largest absolute Gasteiger partial charge is 0.338 e. The molecule has 0 aliphatic heterocycles. The molecule has 1 aromatic carbocycles. The van der Waals surface area contributed by atoms with Crippen molar-refractivity contribution < 1.29 is 4.52 Å². The summed E-state index contributed by atoms with van der Waals surface area (Å²) in [6.07, 6.45) is 2.82. The van der Waals surface area contributed by atoms with Crippen LogP contribution in [0, 0.1) is 0 Å². The molecule has 4 rings (SSSR count). The van der Waals surface area contributed by atoms with Crippen LogP contribution in [0.4, 0.5) is 0 Å². The van der Waals surface area contributed by atoms with E-state index in [4.69, 9.17) is 4.52 Å². The van der Waals surface area contributed by atoms with Gasteiger partial charge < -0.3 is 4.52 Å². The molecule has 118 valence electrons. The van der Waals surface area contributed by atoms with Crippen LogP contribution < -0.4 is 5.56 Å². The van der Waals surface area contributed by atoms with E-state index >= 15 is 0 Å². The molecule has 7 heteroatoms. The number of benzene rings is 1. The summed E-state index contributed by atoms with van der Waals surface area (Å²) < 4.78 is 7.04. The highest BCUT2D eigenvalue weighted by Gasteiger charge is 2.28. The minimum Gasteiger partial charge on any atom is -0.338 e. The minimum atomic E-state index is 0.0420. The maximum atomic E-state index is 12.8. The first-order chi connectivity index (χ1) is 11.3. The van der Waals surface area contributed by atoms with Crippen LogP contribution in [0.1, 0.15) is 37.5 Å². The van der Waals surface area contributed by atoms with Gasteiger partial charge in [-0.2, -0.15) is 4.98 Å². The summed E-state index contributed by atoms with van der Waals surface area (Å²) in [5.74, 6) is 1.79. The van der Waals surface area contributed by atoms with E-state index in [1.807, 2.05) is 35.8 Å². The molecule has 0 spiro atoms. The third kappa shape index (κ3) is 2.76. The van der Waals surface area contributed by atoms with Crippen LogP contribution in [0.3, 0.4) is 0 Å². The Morgan fingerprint density at radius 1 is 1.30 bits per heavy atom. The molecule has 1 aliphatic rings. The Labute approximate surface area is 136 Å². The molecule has 0 amide bonds. The van der Waals surface area contributed by atoms with Gasteiger partial charge in [0.1, 0.15) is 0 Å². The maximum absolute atomic E-state index is 12.8. The molecular weight excluding hydrogens is 312 g/mol. The van der Waals surface area contributed by atoms with E-state index in [0.29, 0.717) is 22.9 Å². The fourth-order valence-corrected chi connectivity index (χ4v) is 3.40. The summed E-state index contributed by atoms with van der Waals surface area (Å²) in [5, 5.41) is 5.30. The van der Waals surface area contributed by atoms with Crippen LogP contribution >= 0.6 is 11.8 Å². The van der Waals surface area contributed by atoms with Crippen LogP contribution in [-0.2, 0) is 12.2 Å². The number of rotatable bonds is 5. The fraction of sp³-hybridized carbons (Fsp3) is 0.375. The van der Waals surface area contributed by atoms with Crippen LogP contribution in [0.25, 0.3) is 10.9 Å². The SMILES string of the molecule is CCc1noc(CSc2nc3ccccc3c(=O)n2C2CC2)n1. The third-order valence-corrected chi connectivity index (χ3v) is 4.78. The van der Waals surface area contributed by atoms with Crippen molar-refractivity contribution >= 4 is 22.7 Å². The van der Waals surface area contributed by atoms with Crippen molar-refractivity contribution in [3.8, 4) is 0 Å². The average molecular weight is 328 g/mol. The first-order valence-corrected chi connectivity index (χ1v) is 8.70. The van der Waals surface area contributed by atoms with E-state index in [1.54, 1.807) is 0 Å². The van der Waals surface area contributed by atoms with Gasteiger partial charge in [0.05, 0.1) is 16.7 Å². The van der Waals surface area contributed by atoms with Crippen LogP contribution in [0.5, 0.6) is 0 Å². The zero-order valence-electron chi connectivity index (χ0n) is 12.7. The molecule has 3 aromatic rings. The predicted molar refractivity (Wildman–Crippen MR) is 87.5 cm³/mol. The van der Waals surface area contributed by atoms with Crippen molar-refractivity contribution in [2.45, 2.75) is 43.1 Å². The molecule has 2 heterocycles. The highest BCUT2D eigenvalue weighted by atomic mass is 32.2. The molecule has 0 N–H and O–H groups in total. The van der Waals surface area contributed by atoms with Crippen molar-refractivity contribution in [3.05, 3.63) is 46.3 Å². The van der Waals surface area contributed by atoms with E-state index < -0.39 is 0 Å². The number of nitrogens with zero attached hydrogens (tertiary/aromatic N) is 4. The average Bonchev–Trinajstić information content (AvgIpc) is 3.30. The predicted octanol–water partition coefficient (Wildman–Crippen LogP) is 2.97. The lowest BCUT2D eigenvalue weighted by molar-refractivity contribution is 0.385. The Morgan fingerprint density at radius 3 is 2.87 bits per heavy atom. The minimum absolute atomic E-state index is 0.0420. The van der Waals surface area contributed by atoms with Gasteiger partial charge in [-0.3, -0.25) is 9.36 Å². The van der Waals surface area contributed by atoms with Gasteiger partial charge in [-0.05, 0) is 25.0 Å². The Bertz CT molecular complexity index is 914. The molecule has 0 unspecified atom stereocenters. The van der Waals surface area contributed by atoms with Gasteiger partial charge in [-0.25, -0.2) is 4.98 Å². The zero-order chi connectivity index (χ0) is 15.8. The van der Waals surface area contributed by atoms with Crippen LogP contribution in [-0.4, -0.2) is 19.7 Å². The number of thioether (sulfide) groups is 1. The lowest BCUT2D eigenvalue weighted by atomic mass is 10.2. The van der Waals surface area contributed by atoms with Crippen molar-refractivity contribution in [3.63, 3.8) is 0 Å². The number of hydrogen-bond donors (Lipinski definition) is 0. The third-order valence-electron chi connectivity index (χ3n) is 3.84. The van der Waals surface area contributed by atoms with E-state index in [0.717, 1.165) is 29.9 Å². The van der Waals surface area contributed by atoms with Gasteiger partial charge in [0.25, 0.3) is 5.56 Å². The van der Waals surface area contributed by atoms with Gasteiger partial charge in [0.2, 0.25) is 5.89 Å².